The third-order valence-corrected chi connectivity index (χ3v) is 5.67. The number of carbonyl (C=O) groups is 1. The predicted molar refractivity (Wildman–Crippen MR) is 119 cm³/mol. The number of aromatic nitrogens is 1. The number of nitrogens with one attached hydrogen (secondary N) is 2. The van der Waals surface area contributed by atoms with Crippen molar-refractivity contribution in [3.8, 4) is 5.75 Å². The number of H-pyrrole nitrogens is 1. The Balaban J connectivity index is 1.37. The number of piperazine rings is 1. The zero-order valence-corrected chi connectivity index (χ0v) is 17.8. The van der Waals surface area contributed by atoms with Crippen LogP contribution in [0.3, 0.4) is 0 Å². The number of halogens is 2. The molecule has 2 aromatic carbocycles. The van der Waals surface area contributed by atoms with Crippen LogP contribution in [0.4, 0.5) is 20.2 Å². The van der Waals surface area contributed by atoms with E-state index in [9.17, 15) is 18.4 Å². The van der Waals surface area contributed by atoms with E-state index >= 15 is 0 Å². The van der Waals surface area contributed by atoms with Crippen LogP contribution in [0.15, 0.2) is 47.3 Å². The molecular formula is C23H24F2N4O3. The molecule has 1 aliphatic rings. The Morgan fingerprint density at radius 3 is 2.59 bits per heavy atom. The van der Waals surface area contributed by atoms with E-state index < -0.39 is 17.4 Å². The third kappa shape index (κ3) is 4.57. The van der Waals surface area contributed by atoms with Gasteiger partial charge in [-0.25, -0.2) is 8.78 Å². The van der Waals surface area contributed by atoms with E-state index in [2.05, 4.69) is 10.3 Å². The second kappa shape index (κ2) is 8.96. The molecule has 9 heteroatoms. The molecule has 0 aliphatic carbocycles. The fourth-order valence-corrected chi connectivity index (χ4v) is 4.01. The van der Waals surface area contributed by atoms with Crippen molar-refractivity contribution in [3.63, 3.8) is 0 Å². The van der Waals surface area contributed by atoms with Crippen LogP contribution in [0.5, 0.6) is 5.75 Å². The average Bonchev–Trinajstić information content (AvgIpc) is 2.75. The molecule has 2 N–H and O–H groups in total. The van der Waals surface area contributed by atoms with Crippen LogP contribution < -0.4 is 20.5 Å². The number of hydrogen-bond donors (Lipinski definition) is 2. The number of aromatic amines is 1. The maximum atomic E-state index is 14.1. The Morgan fingerprint density at radius 2 is 1.91 bits per heavy atom. The van der Waals surface area contributed by atoms with Crippen molar-refractivity contribution in [3.05, 3.63) is 64.5 Å². The minimum Gasteiger partial charge on any atom is -0.491 e. The second-order valence-corrected chi connectivity index (χ2v) is 7.88. The van der Waals surface area contributed by atoms with Gasteiger partial charge < -0.3 is 19.9 Å². The molecule has 3 aromatic rings. The molecule has 32 heavy (non-hydrogen) atoms. The number of fused-ring (bicyclic) bond motifs is 1. The van der Waals surface area contributed by atoms with Crippen LogP contribution in [-0.2, 0) is 4.79 Å². The lowest BCUT2D eigenvalue weighted by molar-refractivity contribution is -0.117. The fraction of sp³-hybridized carbons (Fsp3) is 0.304. The molecule has 1 saturated heterocycles. The van der Waals surface area contributed by atoms with Gasteiger partial charge in [0, 0.05) is 66.2 Å². The smallest absolute Gasteiger partial charge is 0.248 e. The van der Waals surface area contributed by atoms with E-state index in [0.717, 1.165) is 5.39 Å². The summed E-state index contributed by atoms with van der Waals surface area (Å²) in [6.45, 7) is 3.81. The summed E-state index contributed by atoms with van der Waals surface area (Å²) < 4.78 is 32.9. The molecule has 0 spiro atoms. The van der Waals surface area contributed by atoms with Crippen molar-refractivity contribution >= 4 is 28.2 Å². The van der Waals surface area contributed by atoms with E-state index in [1.54, 1.807) is 24.3 Å². The average molecular weight is 442 g/mol. The van der Waals surface area contributed by atoms with Crippen molar-refractivity contribution in [2.24, 2.45) is 0 Å². The van der Waals surface area contributed by atoms with Crippen LogP contribution in [0, 0.1) is 11.6 Å². The van der Waals surface area contributed by atoms with Crippen LogP contribution in [0.1, 0.15) is 6.92 Å². The molecule has 1 fully saturated rings. The van der Waals surface area contributed by atoms with E-state index in [1.807, 2.05) is 16.7 Å². The number of pyridine rings is 1. The number of ether oxygens (including phenoxy) is 1. The fourth-order valence-electron chi connectivity index (χ4n) is 4.01. The molecule has 0 radical (unpaired) electrons. The van der Waals surface area contributed by atoms with E-state index in [-0.39, 0.29) is 24.1 Å². The first-order chi connectivity index (χ1) is 15.3. The summed E-state index contributed by atoms with van der Waals surface area (Å²) in [5, 5.41) is 3.71. The highest BCUT2D eigenvalue weighted by atomic mass is 19.1. The largest absolute Gasteiger partial charge is 0.491 e. The molecule has 2 heterocycles. The maximum absolute atomic E-state index is 14.1. The first-order valence-electron chi connectivity index (χ1n) is 10.3. The SMILES string of the molecule is COc1c(F)cc(N2CCN(CC(=O)Nc3ccc4[nH]c(=O)ccc4c3)[C@H](C)C2)cc1F. The lowest BCUT2D eigenvalue weighted by Gasteiger charge is -2.40. The van der Waals surface area contributed by atoms with Crippen LogP contribution in [0.25, 0.3) is 10.9 Å². The number of amides is 1. The van der Waals surface area contributed by atoms with Gasteiger partial charge >= 0.3 is 0 Å². The number of nitrogens with zero attached hydrogens (tertiary/aromatic N) is 2. The van der Waals surface area contributed by atoms with Gasteiger partial charge in [0.15, 0.2) is 17.4 Å². The summed E-state index contributed by atoms with van der Waals surface area (Å²) in [4.78, 5) is 30.7. The number of anilines is 2. The van der Waals surface area contributed by atoms with E-state index in [0.29, 0.717) is 36.5 Å². The molecule has 1 amide bonds. The van der Waals surface area contributed by atoms with E-state index in [4.69, 9.17) is 4.74 Å². The predicted octanol–water partition coefficient (Wildman–Crippen LogP) is 2.96. The van der Waals surface area contributed by atoms with Gasteiger partial charge in [-0.15, -0.1) is 0 Å². The summed E-state index contributed by atoms with van der Waals surface area (Å²) in [5.41, 5.74) is 1.62. The van der Waals surface area contributed by atoms with E-state index in [1.165, 1.54) is 25.3 Å². The number of benzene rings is 2. The van der Waals surface area contributed by atoms with Crippen molar-refractivity contribution in [2.45, 2.75) is 13.0 Å². The second-order valence-electron chi connectivity index (χ2n) is 7.88. The van der Waals surface area contributed by atoms with Gasteiger partial charge in [0.2, 0.25) is 11.5 Å². The number of rotatable bonds is 5. The first kappa shape index (κ1) is 21.8. The maximum Gasteiger partial charge on any atom is 0.248 e. The highest BCUT2D eigenvalue weighted by molar-refractivity contribution is 5.94. The molecule has 1 aliphatic heterocycles. The zero-order chi connectivity index (χ0) is 22.8. The molecule has 7 nitrogen and oxygen atoms in total. The molecule has 1 atom stereocenters. The summed E-state index contributed by atoms with van der Waals surface area (Å²) in [6.07, 6.45) is 0. The quantitative estimate of drug-likeness (QED) is 0.635. The van der Waals surface area contributed by atoms with Crippen molar-refractivity contribution in [1.29, 1.82) is 0 Å². The van der Waals surface area contributed by atoms with Gasteiger partial charge in [0.05, 0.1) is 13.7 Å². The Labute approximate surface area is 183 Å². The minimum atomic E-state index is -0.739. The molecule has 168 valence electrons. The summed E-state index contributed by atoms with van der Waals surface area (Å²) >= 11 is 0. The molecule has 0 bridgehead atoms. The molecule has 0 saturated carbocycles. The molecule has 0 unspecified atom stereocenters. The number of hydrogen-bond acceptors (Lipinski definition) is 5. The topological polar surface area (TPSA) is 77.7 Å². The van der Waals surface area contributed by atoms with Crippen LogP contribution in [0.2, 0.25) is 0 Å². The van der Waals surface area contributed by atoms with Crippen molar-refractivity contribution in [1.82, 2.24) is 9.88 Å². The van der Waals surface area contributed by atoms with Gasteiger partial charge in [-0.3, -0.25) is 14.5 Å². The highest BCUT2D eigenvalue weighted by Crippen LogP contribution is 2.28. The Bertz CT molecular complexity index is 1190. The van der Waals surface area contributed by atoms with Gasteiger partial charge in [-0.1, -0.05) is 0 Å². The lowest BCUT2D eigenvalue weighted by Crippen LogP contribution is -2.53. The molecule has 4 rings (SSSR count). The zero-order valence-electron chi connectivity index (χ0n) is 17.8. The van der Waals surface area contributed by atoms with Gasteiger partial charge in [-0.2, -0.15) is 0 Å². The highest BCUT2D eigenvalue weighted by Gasteiger charge is 2.26. The van der Waals surface area contributed by atoms with Crippen molar-refractivity contribution < 1.29 is 18.3 Å². The Hall–Kier alpha value is -3.46. The summed E-state index contributed by atoms with van der Waals surface area (Å²) in [5.74, 6) is -2.03. The summed E-state index contributed by atoms with van der Waals surface area (Å²) in [7, 11) is 1.23. The Kier molecular flexibility index (Phi) is 6.09. The number of methoxy groups -OCH3 is 1. The molecule has 1 aromatic heterocycles. The number of carbonyl (C=O) groups excluding carboxylic acids is 1. The van der Waals surface area contributed by atoms with Gasteiger partial charge in [0.25, 0.3) is 0 Å². The molecular weight excluding hydrogens is 418 g/mol. The lowest BCUT2D eigenvalue weighted by atomic mass is 10.1. The van der Waals surface area contributed by atoms with Gasteiger partial charge in [-0.05, 0) is 31.2 Å². The van der Waals surface area contributed by atoms with Crippen LogP contribution in [-0.4, -0.2) is 55.1 Å². The minimum absolute atomic E-state index is 0.00408. The Morgan fingerprint density at radius 1 is 1.16 bits per heavy atom. The van der Waals surface area contributed by atoms with Crippen LogP contribution >= 0.6 is 0 Å². The third-order valence-electron chi connectivity index (χ3n) is 5.67. The normalized spacial score (nSPS) is 16.9. The first-order valence-corrected chi connectivity index (χ1v) is 10.3. The van der Waals surface area contributed by atoms with Gasteiger partial charge in [0.1, 0.15) is 0 Å². The summed E-state index contributed by atoms with van der Waals surface area (Å²) in [6, 6.07) is 11.0. The monoisotopic (exact) mass is 442 g/mol. The standard InChI is InChI=1S/C23H24F2N4O3/c1-14-12-29(17-10-18(24)23(32-2)19(25)11-17)8-7-28(14)13-22(31)26-16-4-5-20-15(9-16)3-6-21(30)27-20/h3-6,9-11,14H,7-8,12-13H2,1-2H3,(H,26,31)(H,27,30)/t14-/m1/s1. The van der Waals surface area contributed by atoms with Crippen molar-refractivity contribution in [2.75, 3.05) is 43.5 Å².